The predicted molar refractivity (Wildman–Crippen MR) is 117 cm³/mol. The number of hydrogen-bond donors (Lipinski definition) is 2. The van der Waals surface area contributed by atoms with Crippen LogP contribution in [-0.2, 0) is 6.54 Å². The van der Waals surface area contributed by atoms with Gasteiger partial charge in [-0.15, -0.1) is 0 Å². The van der Waals surface area contributed by atoms with E-state index in [1.807, 2.05) is 0 Å². The van der Waals surface area contributed by atoms with Gasteiger partial charge in [-0.2, -0.15) is 0 Å². The van der Waals surface area contributed by atoms with E-state index < -0.39 is 0 Å². The molecule has 1 saturated carbocycles. The largest absolute Gasteiger partial charge is 0.491 e. The van der Waals surface area contributed by atoms with Gasteiger partial charge in [0, 0.05) is 35.2 Å². The Morgan fingerprint density at radius 3 is 2.79 bits per heavy atom. The lowest BCUT2D eigenvalue weighted by molar-refractivity contribution is 0.243. The van der Waals surface area contributed by atoms with E-state index in [9.17, 15) is 0 Å². The zero-order chi connectivity index (χ0) is 19.8. The molecule has 2 heterocycles. The van der Waals surface area contributed by atoms with Crippen LogP contribution in [-0.4, -0.2) is 48.0 Å². The predicted octanol–water partition coefficient (Wildman–Crippen LogP) is 4.73. The molecule has 0 saturated heterocycles. The molecule has 2 aliphatic rings. The van der Waals surface area contributed by atoms with Gasteiger partial charge in [-0.1, -0.05) is 12.8 Å². The molecule has 4 rings (SSSR count). The number of anilines is 1. The van der Waals surface area contributed by atoms with Crippen LogP contribution in [0.5, 0.6) is 5.75 Å². The summed E-state index contributed by atoms with van der Waals surface area (Å²) in [5, 5.41) is 14.1. The summed E-state index contributed by atoms with van der Waals surface area (Å²) in [6.07, 6.45) is 6.05. The summed E-state index contributed by atoms with van der Waals surface area (Å²) in [4.78, 5) is 2.24. The molecule has 1 aromatic carbocycles. The molecule has 1 fully saturated rings. The third kappa shape index (κ3) is 3.52. The summed E-state index contributed by atoms with van der Waals surface area (Å²) in [5.74, 6) is 2.40. The van der Waals surface area contributed by atoms with Crippen LogP contribution in [0.2, 0.25) is 0 Å². The zero-order valence-corrected chi connectivity index (χ0v) is 17.7. The van der Waals surface area contributed by atoms with E-state index in [-0.39, 0.29) is 6.10 Å². The van der Waals surface area contributed by atoms with E-state index in [0.717, 1.165) is 48.8 Å². The Kier molecular flexibility index (Phi) is 5.37. The molecule has 1 aromatic heterocycles. The van der Waals surface area contributed by atoms with Crippen LogP contribution >= 0.6 is 0 Å². The van der Waals surface area contributed by atoms with Crippen molar-refractivity contribution in [2.45, 2.75) is 64.6 Å². The molecule has 2 unspecified atom stereocenters. The Labute approximate surface area is 168 Å². The van der Waals surface area contributed by atoms with Crippen LogP contribution in [0, 0.1) is 11.3 Å². The lowest BCUT2D eigenvalue weighted by atomic mass is 9.77. The second kappa shape index (κ2) is 7.78. The Hall–Kier alpha value is -2.01. The van der Waals surface area contributed by atoms with Crippen LogP contribution < -0.4 is 10.1 Å². The Morgan fingerprint density at radius 1 is 1.25 bits per heavy atom. The third-order valence-electron chi connectivity index (χ3n) is 6.12. The summed E-state index contributed by atoms with van der Waals surface area (Å²) < 4.78 is 8.38. The van der Waals surface area contributed by atoms with Crippen molar-refractivity contribution in [2.75, 3.05) is 26.0 Å². The van der Waals surface area contributed by atoms with Crippen LogP contribution in [0.15, 0.2) is 18.2 Å². The van der Waals surface area contributed by atoms with Gasteiger partial charge in [-0.05, 0) is 71.9 Å². The lowest BCUT2D eigenvalue weighted by Gasteiger charge is -2.38. The van der Waals surface area contributed by atoms with Gasteiger partial charge in [0.2, 0.25) is 0 Å². The molecule has 0 bridgehead atoms. The highest BCUT2D eigenvalue weighted by Gasteiger charge is 2.37. The average molecular weight is 383 g/mol. The Balaban J connectivity index is 1.80. The quantitative estimate of drug-likeness (QED) is 0.759. The maximum Gasteiger partial charge on any atom is 0.120 e. The molecule has 5 heteroatoms. The lowest BCUT2D eigenvalue weighted by Crippen LogP contribution is -2.42. The van der Waals surface area contributed by atoms with Crippen LogP contribution in [0.25, 0.3) is 10.9 Å². The van der Waals surface area contributed by atoms with E-state index in [0.29, 0.717) is 12.0 Å². The maximum absolute atomic E-state index is 9.05. The van der Waals surface area contributed by atoms with E-state index in [2.05, 4.69) is 60.9 Å². The van der Waals surface area contributed by atoms with Crippen molar-refractivity contribution in [2.24, 2.45) is 5.92 Å². The smallest absolute Gasteiger partial charge is 0.120 e. The van der Waals surface area contributed by atoms with E-state index in [1.165, 1.54) is 30.2 Å². The summed E-state index contributed by atoms with van der Waals surface area (Å²) >= 11 is 0. The molecular weight excluding hydrogens is 348 g/mol. The van der Waals surface area contributed by atoms with Crippen molar-refractivity contribution in [3.8, 4) is 5.75 Å². The first-order chi connectivity index (χ1) is 13.5. The van der Waals surface area contributed by atoms with Crippen molar-refractivity contribution in [1.82, 2.24) is 9.47 Å². The molecule has 0 spiro atoms. The van der Waals surface area contributed by atoms with Crippen LogP contribution in [0.4, 0.5) is 5.82 Å². The van der Waals surface area contributed by atoms with Crippen molar-refractivity contribution in [3.63, 3.8) is 0 Å². The number of fused-ring (bicyclic) bond motifs is 4. The number of rotatable bonds is 6. The number of ether oxygens (including phenoxy) is 1. The summed E-state index contributed by atoms with van der Waals surface area (Å²) in [5.41, 5.74) is 3.16. The first-order valence-corrected chi connectivity index (χ1v) is 10.8. The van der Waals surface area contributed by atoms with Gasteiger partial charge in [0.25, 0.3) is 0 Å². The normalized spacial score (nSPS) is 21.7. The first-order valence-electron chi connectivity index (χ1n) is 10.8. The van der Waals surface area contributed by atoms with Crippen LogP contribution in [0.3, 0.4) is 0 Å². The SMILES string of the molecule is CC(C)Oc1ccc2c(c1)c1c(n2CCCN(C)C)NC2CCCCC2C1=N. The number of nitrogens with zero attached hydrogens (tertiary/aromatic N) is 2. The van der Waals surface area contributed by atoms with Gasteiger partial charge < -0.3 is 24.9 Å². The molecular formula is C23H34N4O. The molecule has 0 amide bonds. The molecule has 152 valence electrons. The van der Waals surface area contributed by atoms with Crippen molar-refractivity contribution in [1.29, 1.82) is 5.41 Å². The highest BCUT2D eigenvalue weighted by atomic mass is 16.5. The van der Waals surface area contributed by atoms with Crippen LogP contribution in [0.1, 0.15) is 51.5 Å². The summed E-state index contributed by atoms with van der Waals surface area (Å²) in [6, 6.07) is 6.82. The molecule has 0 radical (unpaired) electrons. The van der Waals surface area contributed by atoms with Gasteiger partial charge in [0.1, 0.15) is 11.6 Å². The van der Waals surface area contributed by atoms with Crippen molar-refractivity contribution in [3.05, 3.63) is 23.8 Å². The third-order valence-corrected chi connectivity index (χ3v) is 6.12. The van der Waals surface area contributed by atoms with Gasteiger partial charge in [-0.25, -0.2) is 0 Å². The molecule has 28 heavy (non-hydrogen) atoms. The molecule has 1 aliphatic carbocycles. The molecule has 5 nitrogen and oxygen atoms in total. The maximum atomic E-state index is 9.05. The Morgan fingerprint density at radius 2 is 2.04 bits per heavy atom. The zero-order valence-electron chi connectivity index (χ0n) is 17.7. The van der Waals surface area contributed by atoms with E-state index >= 15 is 0 Å². The summed E-state index contributed by atoms with van der Waals surface area (Å²) in [7, 11) is 4.25. The average Bonchev–Trinajstić information content (AvgIpc) is 2.94. The van der Waals surface area contributed by atoms with Crippen molar-refractivity contribution >= 4 is 22.4 Å². The number of benzene rings is 1. The topological polar surface area (TPSA) is 53.3 Å². The molecule has 2 N–H and O–H groups in total. The fraction of sp³-hybridized carbons (Fsp3) is 0.609. The number of hydrogen-bond acceptors (Lipinski definition) is 4. The minimum atomic E-state index is 0.149. The second-order valence-corrected chi connectivity index (χ2v) is 8.93. The van der Waals surface area contributed by atoms with Crippen molar-refractivity contribution < 1.29 is 4.74 Å². The fourth-order valence-corrected chi connectivity index (χ4v) is 4.89. The number of nitrogens with one attached hydrogen (secondary N) is 2. The van der Waals surface area contributed by atoms with Gasteiger partial charge >= 0.3 is 0 Å². The fourth-order valence-electron chi connectivity index (χ4n) is 4.89. The van der Waals surface area contributed by atoms with E-state index in [1.54, 1.807) is 0 Å². The molecule has 2 atom stereocenters. The molecule has 1 aliphatic heterocycles. The minimum Gasteiger partial charge on any atom is -0.491 e. The first kappa shape index (κ1) is 19.3. The monoisotopic (exact) mass is 382 g/mol. The highest BCUT2D eigenvalue weighted by molar-refractivity contribution is 6.17. The van der Waals surface area contributed by atoms with Gasteiger partial charge in [0.05, 0.1) is 11.6 Å². The minimum absolute atomic E-state index is 0.149. The summed E-state index contributed by atoms with van der Waals surface area (Å²) in [6.45, 7) is 6.14. The standard InChI is InChI=1S/C23H34N4O/c1-15(2)28-16-10-11-20-18(14-16)21-22(24)17-8-5-6-9-19(17)25-23(21)27(20)13-7-12-26(3)4/h10-11,14-15,17,19,24-25H,5-9,12-13H2,1-4H3. The van der Waals surface area contributed by atoms with Gasteiger partial charge in [0.15, 0.2) is 0 Å². The second-order valence-electron chi connectivity index (χ2n) is 8.93. The number of aryl methyl sites for hydroxylation is 1. The van der Waals surface area contributed by atoms with E-state index in [4.69, 9.17) is 10.1 Å². The van der Waals surface area contributed by atoms with Gasteiger partial charge in [-0.3, -0.25) is 0 Å². The highest BCUT2D eigenvalue weighted by Crippen LogP contribution is 2.42. The number of aromatic nitrogens is 1. The molecule has 2 aromatic rings. The Bertz CT molecular complexity index is 867.